The summed E-state index contributed by atoms with van der Waals surface area (Å²) in [5.41, 5.74) is 0. The van der Waals surface area contributed by atoms with E-state index in [1.807, 2.05) is 33.3 Å². The Morgan fingerprint density at radius 3 is 1.16 bits per heavy atom. The smallest absolute Gasteiger partial charge is 0.306 e. The number of nitrogens with one attached hydrogen (secondary N) is 1. The summed E-state index contributed by atoms with van der Waals surface area (Å²) in [7, 11) is 1.17. The highest BCUT2D eigenvalue weighted by molar-refractivity contribution is 7.45. The summed E-state index contributed by atoms with van der Waals surface area (Å²) < 4.78 is 30.4. The zero-order valence-corrected chi connectivity index (χ0v) is 55.1. The molecule has 0 saturated heterocycles. The number of nitrogens with zero attached hydrogens (tertiary/aromatic N) is 1. The minimum atomic E-state index is -4.71. The minimum Gasteiger partial charge on any atom is -0.756 e. The van der Waals surface area contributed by atoms with Gasteiger partial charge in [0.15, 0.2) is 0 Å². The van der Waals surface area contributed by atoms with Gasteiger partial charge >= 0.3 is 5.97 Å². The van der Waals surface area contributed by atoms with Gasteiger partial charge in [-0.25, -0.2) is 0 Å². The molecule has 3 atom stereocenters. The number of likely N-dealkylation sites (N-methyl/N-ethyl adjacent to an activating group) is 1. The monoisotopic (exact) mass is 1160 g/mol. The number of hydrogen-bond acceptors (Lipinski definition) is 7. The lowest BCUT2D eigenvalue weighted by Crippen LogP contribution is -2.47. The summed E-state index contributed by atoms with van der Waals surface area (Å²) in [6.07, 6.45) is 77.8. The maximum atomic E-state index is 13.6. The van der Waals surface area contributed by atoms with Crippen LogP contribution in [0, 0.1) is 0 Å². The summed E-state index contributed by atoms with van der Waals surface area (Å²) in [4.78, 5) is 40.1. The Morgan fingerprint density at radius 1 is 0.432 bits per heavy atom. The molecule has 0 aliphatic carbocycles. The highest BCUT2D eigenvalue weighted by Crippen LogP contribution is 2.38. The average molecular weight is 1160 g/mol. The van der Waals surface area contributed by atoms with Gasteiger partial charge in [0.1, 0.15) is 19.3 Å². The number of esters is 1. The third-order valence-corrected chi connectivity index (χ3v) is 16.4. The number of amides is 1. The number of rotatable bonds is 63. The third kappa shape index (κ3) is 62.1. The molecule has 3 unspecified atom stereocenters. The molecule has 0 saturated carbocycles. The number of carbonyl (C=O) groups excluding carboxylic acids is 2. The second-order valence-corrected chi connectivity index (χ2v) is 26.1. The van der Waals surface area contributed by atoms with Crippen LogP contribution in [0.5, 0.6) is 0 Å². The fraction of sp³-hybridized carbons (Fsp3) is 0.831. The van der Waals surface area contributed by atoms with Gasteiger partial charge in [-0.1, -0.05) is 300 Å². The van der Waals surface area contributed by atoms with Crippen LogP contribution in [0.1, 0.15) is 329 Å². The van der Waals surface area contributed by atoms with Crippen LogP contribution in [0.2, 0.25) is 0 Å². The quantitative estimate of drug-likeness (QED) is 0.0212. The van der Waals surface area contributed by atoms with E-state index < -0.39 is 26.6 Å². The molecule has 10 heteroatoms. The van der Waals surface area contributed by atoms with E-state index in [2.05, 4.69) is 74.7 Å². The first-order chi connectivity index (χ1) is 39.4. The highest BCUT2D eigenvalue weighted by atomic mass is 31.2. The van der Waals surface area contributed by atoms with Crippen LogP contribution in [0.3, 0.4) is 0 Å². The summed E-state index contributed by atoms with van der Waals surface area (Å²) in [6, 6.07) is -0.901. The van der Waals surface area contributed by atoms with Gasteiger partial charge < -0.3 is 28.5 Å². The van der Waals surface area contributed by atoms with Crippen LogP contribution in [-0.4, -0.2) is 69.4 Å². The molecule has 0 aliphatic heterocycles. The topological polar surface area (TPSA) is 114 Å². The van der Waals surface area contributed by atoms with E-state index in [4.69, 9.17) is 13.8 Å². The molecule has 474 valence electrons. The second kappa shape index (κ2) is 60.8. The summed E-state index contributed by atoms with van der Waals surface area (Å²) in [5.74, 6) is -0.566. The third-order valence-electron chi connectivity index (χ3n) is 15.5. The Balaban J connectivity index is 5.07. The lowest BCUT2D eigenvalue weighted by molar-refractivity contribution is -0.870. The fourth-order valence-electron chi connectivity index (χ4n) is 10.1. The Hall–Kier alpha value is -2.29. The number of unbranched alkanes of at least 4 members (excludes halogenated alkanes) is 39. The van der Waals surface area contributed by atoms with E-state index in [0.29, 0.717) is 23.9 Å². The van der Waals surface area contributed by atoms with Crippen LogP contribution in [0.25, 0.3) is 0 Å². The lowest BCUT2D eigenvalue weighted by Gasteiger charge is -2.30. The summed E-state index contributed by atoms with van der Waals surface area (Å²) >= 11 is 0. The number of phosphoric ester groups is 1. The molecule has 1 amide bonds. The molecule has 0 fully saturated rings. The van der Waals surface area contributed by atoms with E-state index in [0.717, 1.165) is 77.0 Å². The number of hydrogen-bond donors (Lipinski definition) is 1. The van der Waals surface area contributed by atoms with Crippen molar-refractivity contribution in [3.63, 3.8) is 0 Å². The van der Waals surface area contributed by atoms with Gasteiger partial charge in [-0.05, 0) is 76.7 Å². The number of ether oxygens (including phenoxy) is 1. The van der Waals surface area contributed by atoms with Crippen LogP contribution in [0.15, 0.2) is 60.8 Å². The molecule has 0 spiro atoms. The standard InChI is InChI=1S/C71H133N2O7P/c1-7-10-13-16-19-22-25-27-29-31-33-34-35-36-37-38-40-41-43-45-48-51-54-57-60-63-70(74)72-68(67-79-81(76,77)78-66-65-73(4,5)6)69(62-59-56-53-50-47-24-21-18-15-12-9-3)80-71(75)64-61-58-55-52-49-46-44-42-39-32-30-28-26-23-20-17-14-11-8-2/h20,23,28,30,39,42,46,49,59,62,68-69H,7-19,21-22,24-27,29,31-38,40-41,43-45,47-48,50-58,60-61,63-67H2,1-6H3,(H-,72,74,76,77)/b23-20-,30-28-,42-39-,49-46-,62-59+. The molecule has 9 nitrogen and oxygen atoms in total. The lowest BCUT2D eigenvalue weighted by atomic mass is 10.0. The molecule has 0 aromatic rings. The Kier molecular flexibility index (Phi) is 59.1. The van der Waals surface area contributed by atoms with Crippen molar-refractivity contribution in [2.75, 3.05) is 40.9 Å². The maximum Gasteiger partial charge on any atom is 0.306 e. The molecule has 0 radical (unpaired) electrons. The number of phosphoric acid groups is 1. The van der Waals surface area contributed by atoms with Gasteiger partial charge in [-0.3, -0.25) is 14.2 Å². The van der Waals surface area contributed by atoms with E-state index in [-0.39, 0.29) is 24.9 Å². The van der Waals surface area contributed by atoms with Crippen molar-refractivity contribution in [1.82, 2.24) is 5.32 Å². The molecule has 1 N–H and O–H groups in total. The minimum absolute atomic E-state index is 0.0274. The second-order valence-electron chi connectivity index (χ2n) is 24.7. The molecule has 0 aromatic heterocycles. The van der Waals surface area contributed by atoms with E-state index >= 15 is 0 Å². The Bertz CT molecular complexity index is 1570. The number of allylic oxidation sites excluding steroid dienone is 9. The number of carbonyl (C=O) groups is 2. The zero-order chi connectivity index (χ0) is 59.3. The van der Waals surface area contributed by atoms with Crippen molar-refractivity contribution in [3.05, 3.63) is 60.8 Å². The molecular weight excluding hydrogens is 1020 g/mol. The molecular formula is C71H133N2O7P. The Morgan fingerprint density at radius 2 is 0.753 bits per heavy atom. The van der Waals surface area contributed by atoms with Gasteiger partial charge in [0, 0.05) is 12.8 Å². The summed E-state index contributed by atoms with van der Waals surface area (Å²) in [6.45, 7) is 6.83. The van der Waals surface area contributed by atoms with Gasteiger partial charge in [-0.15, -0.1) is 0 Å². The van der Waals surface area contributed by atoms with Gasteiger partial charge in [0.2, 0.25) is 5.91 Å². The predicted molar refractivity (Wildman–Crippen MR) is 349 cm³/mol. The zero-order valence-electron chi connectivity index (χ0n) is 54.2. The molecule has 81 heavy (non-hydrogen) atoms. The van der Waals surface area contributed by atoms with Gasteiger partial charge in [-0.2, -0.15) is 0 Å². The van der Waals surface area contributed by atoms with Crippen molar-refractivity contribution in [3.8, 4) is 0 Å². The van der Waals surface area contributed by atoms with Gasteiger partial charge in [0.05, 0.1) is 33.8 Å². The van der Waals surface area contributed by atoms with Crippen LogP contribution in [0.4, 0.5) is 0 Å². The predicted octanol–water partition coefficient (Wildman–Crippen LogP) is 21.2. The molecule has 0 rings (SSSR count). The highest BCUT2D eigenvalue weighted by Gasteiger charge is 2.27. The van der Waals surface area contributed by atoms with Crippen molar-refractivity contribution in [1.29, 1.82) is 0 Å². The summed E-state index contributed by atoms with van der Waals surface area (Å²) in [5, 5.41) is 3.03. The SMILES string of the molecule is CCCCC/C=C\C/C=C\C/C=C\C/C=C\CCCCCC(=O)OC(/C=C/CCCCCCCCCCC)C(COP(=O)([O-])OCC[N+](C)(C)C)NC(=O)CCCCCCCCCCCCCCCCCCCCCCCCCCC. The first-order valence-electron chi connectivity index (χ1n) is 34.6. The molecule has 0 aliphatic rings. The first-order valence-corrected chi connectivity index (χ1v) is 36.1. The number of quaternary nitrogens is 1. The van der Waals surface area contributed by atoms with Crippen LogP contribution in [-0.2, 0) is 27.9 Å². The van der Waals surface area contributed by atoms with Crippen molar-refractivity contribution >= 4 is 19.7 Å². The average Bonchev–Trinajstić information content (AvgIpc) is 3.44. The maximum absolute atomic E-state index is 13.6. The molecule has 0 heterocycles. The molecule has 0 bridgehead atoms. The van der Waals surface area contributed by atoms with E-state index in [9.17, 15) is 19.0 Å². The Labute approximate surface area is 502 Å². The first kappa shape index (κ1) is 78.7. The van der Waals surface area contributed by atoms with Crippen molar-refractivity contribution in [2.24, 2.45) is 0 Å². The van der Waals surface area contributed by atoms with Crippen LogP contribution >= 0.6 is 7.82 Å². The normalized spacial score (nSPS) is 13.9. The largest absolute Gasteiger partial charge is 0.756 e. The molecule has 0 aromatic carbocycles. The van der Waals surface area contributed by atoms with Crippen molar-refractivity contribution < 1.29 is 37.3 Å². The van der Waals surface area contributed by atoms with Crippen molar-refractivity contribution in [2.45, 2.75) is 341 Å². The van der Waals surface area contributed by atoms with Crippen LogP contribution < -0.4 is 10.2 Å². The van der Waals surface area contributed by atoms with E-state index in [1.165, 1.54) is 212 Å². The van der Waals surface area contributed by atoms with E-state index in [1.54, 1.807) is 0 Å². The fourth-order valence-corrected chi connectivity index (χ4v) is 10.8. The van der Waals surface area contributed by atoms with Gasteiger partial charge in [0.25, 0.3) is 7.82 Å².